The van der Waals surface area contributed by atoms with Gasteiger partial charge in [-0.1, -0.05) is 35.9 Å². The second-order valence-electron chi connectivity index (χ2n) is 6.06. The molecule has 0 aliphatic heterocycles. The quantitative estimate of drug-likeness (QED) is 0.445. The van der Waals surface area contributed by atoms with Gasteiger partial charge in [-0.15, -0.1) is 0 Å². The molecule has 0 heterocycles. The van der Waals surface area contributed by atoms with E-state index < -0.39 is 0 Å². The summed E-state index contributed by atoms with van der Waals surface area (Å²) in [5, 5.41) is 9.97. The van der Waals surface area contributed by atoms with Crippen molar-refractivity contribution in [3.05, 3.63) is 64.7 Å². The maximum Gasteiger partial charge on any atom is 0.257 e. The fourth-order valence-electron chi connectivity index (χ4n) is 2.43. The van der Waals surface area contributed by atoms with Crippen molar-refractivity contribution in [2.45, 2.75) is 26.9 Å². The molecule has 2 aromatic rings. The predicted molar refractivity (Wildman–Crippen MR) is 114 cm³/mol. The second kappa shape index (κ2) is 11.9. The summed E-state index contributed by atoms with van der Waals surface area (Å²) in [6.45, 7) is 6.41. The molecule has 3 N–H and O–H groups in total. The van der Waals surface area contributed by atoms with Crippen LogP contribution in [0, 0.1) is 0 Å². The number of amides is 1. The zero-order valence-corrected chi connectivity index (χ0v) is 17.1. The second-order valence-corrected chi connectivity index (χ2v) is 6.50. The Kier molecular flexibility index (Phi) is 9.15. The molecule has 150 valence electrons. The Bertz CT molecular complexity index is 778. The molecular formula is C21H27ClN4O2. The number of rotatable bonds is 9. The zero-order chi connectivity index (χ0) is 20.2. The first kappa shape index (κ1) is 21.6. The van der Waals surface area contributed by atoms with Crippen LogP contribution >= 0.6 is 11.6 Å². The van der Waals surface area contributed by atoms with E-state index in [2.05, 4.69) is 20.9 Å². The van der Waals surface area contributed by atoms with Crippen molar-refractivity contribution in [3.8, 4) is 5.75 Å². The van der Waals surface area contributed by atoms with E-state index in [1.54, 1.807) is 0 Å². The maximum atomic E-state index is 11.5. The number of ether oxygens (including phenoxy) is 1. The Morgan fingerprint density at radius 2 is 1.75 bits per heavy atom. The number of benzene rings is 2. The average Bonchev–Trinajstić information content (AvgIpc) is 2.70. The Morgan fingerprint density at radius 1 is 1.00 bits per heavy atom. The van der Waals surface area contributed by atoms with Gasteiger partial charge in [0.15, 0.2) is 12.6 Å². The van der Waals surface area contributed by atoms with Gasteiger partial charge in [0.25, 0.3) is 5.91 Å². The summed E-state index contributed by atoms with van der Waals surface area (Å²) in [5.41, 5.74) is 2.12. The topological polar surface area (TPSA) is 74.8 Å². The van der Waals surface area contributed by atoms with Gasteiger partial charge in [0.1, 0.15) is 5.75 Å². The van der Waals surface area contributed by atoms with Crippen LogP contribution in [-0.2, 0) is 17.9 Å². The average molecular weight is 403 g/mol. The van der Waals surface area contributed by atoms with Gasteiger partial charge in [-0.25, -0.2) is 4.99 Å². The van der Waals surface area contributed by atoms with E-state index in [-0.39, 0.29) is 12.5 Å². The summed E-state index contributed by atoms with van der Waals surface area (Å²) in [6, 6.07) is 15.3. The number of halogens is 1. The molecule has 0 unspecified atom stereocenters. The van der Waals surface area contributed by atoms with Gasteiger partial charge in [-0.2, -0.15) is 0 Å². The number of nitrogens with one attached hydrogen (secondary N) is 3. The molecule has 0 atom stereocenters. The fourth-order valence-corrected chi connectivity index (χ4v) is 2.56. The smallest absolute Gasteiger partial charge is 0.257 e. The molecule has 0 saturated heterocycles. The first-order chi connectivity index (χ1) is 13.6. The highest BCUT2D eigenvalue weighted by Crippen LogP contribution is 2.14. The van der Waals surface area contributed by atoms with Crippen LogP contribution < -0.4 is 20.7 Å². The molecule has 2 aromatic carbocycles. The fraction of sp³-hybridized carbons (Fsp3) is 0.333. The van der Waals surface area contributed by atoms with Crippen LogP contribution in [0.25, 0.3) is 0 Å². The van der Waals surface area contributed by atoms with E-state index in [4.69, 9.17) is 16.3 Å². The third-order valence-corrected chi connectivity index (χ3v) is 4.03. The first-order valence-electron chi connectivity index (χ1n) is 9.35. The minimum atomic E-state index is -0.133. The normalized spacial score (nSPS) is 11.0. The van der Waals surface area contributed by atoms with Gasteiger partial charge in [0, 0.05) is 24.7 Å². The predicted octanol–water partition coefficient (Wildman–Crippen LogP) is 3.11. The summed E-state index contributed by atoms with van der Waals surface area (Å²) in [4.78, 5) is 16.1. The monoisotopic (exact) mass is 402 g/mol. The van der Waals surface area contributed by atoms with Crippen LogP contribution in [0.15, 0.2) is 53.5 Å². The van der Waals surface area contributed by atoms with Crippen LogP contribution in [0.2, 0.25) is 5.02 Å². The van der Waals surface area contributed by atoms with E-state index in [0.717, 1.165) is 28.7 Å². The molecule has 0 aliphatic rings. The Morgan fingerprint density at radius 3 is 2.46 bits per heavy atom. The van der Waals surface area contributed by atoms with E-state index in [0.29, 0.717) is 25.4 Å². The molecule has 2 rings (SSSR count). The third-order valence-electron chi connectivity index (χ3n) is 3.78. The maximum absolute atomic E-state index is 11.5. The lowest BCUT2D eigenvalue weighted by molar-refractivity contribution is -0.122. The highest BCUT2D eigenvalue weighted by Gasteiger charge is 2.03. The first-order valence-corrected chi connectivity index (χ1v) is 9.73. The number of carbonyl (C=O) groups is 1. The van der Waals surface area contributed by atoms with Gasteiger partial charge >= 0.3 is 0 Å². The largest absolute Gasteiger partial charge is 0.484 e. The van der Waals surface area contributed by atoms with Gasteiger partial charge in [-0.3, -0.25) is 4.79 Å². The number of likely N-dealkylation sites (N-methyl/N-ethyl adjacent to an activating group) is 1. The van der Waals surface area contributed by atoms with E-state index in [1.807, 2.05) is 62.4 Å². The number of carbonyl (C=O) groups excluding carboxylic acids is 1. The van der Waals surface area contributed by atoms with Crippen molar-refractivity contribution in [1.29, 1.82) is 0 Å². The Hall–Kier alpha value is -2.73. The lowest BCUT2D eigenvalue weighted by Crippen LogP contribution is -2.36. The number of aliphatic imine (C=N–C) groups is 1. The van der Waals surface area contributed by atoms with Crippen molar-refractivity contribution in [2.75, 3.05) is 19.7 Å². The highest BCUT2D eigenvalue weighted by molar-refractivity contribution is 6.30. The van der Waals surface area contributed by atoms with E-state index in [1.165, 1.54) is 0 Å². The molecule has 0 saturated carbocycles. The molecule has 0 fully saturated rings. The Balaban J connectivity index is 1.93. The van der Waals surface area contributed by atoms with Crippen LogP contribution in [0.3, 0.4) is 0 Å². The number of guanidine groups is 1. The van der Waals surface area contributed by atoms with Crippen LogP contribution in [0.5, 0.6) is 5.75 Å². The molecule has 0 spiro atoms. The van der Waals surface area contributed by atoms with Crippen molar-refractivity contribution < 1.29 is 9.53 Å². The molecule has 6 nitrogen and oxygen atoms in total. The van der Waals surface area contributed by atoms with Crippen molar-refractivity contribution in [3.63, 3.8) is 0 Å². The van der Waals surface area contributed by atoms with Gasteiger partial charge in [0.05, 0.1) is 6.54 Å². The molecule has 1 amide bonds. The molecule has 0 aromatic heterocycles. The molecule has 0 radical (unpaired) electrons. The minimum Gasteiger partial charge on any atom is -0.484 e. The summed E-state index contributed by atoms with van der Waals surface area (Å²) in [7, 11) is 0. The van der Waals surface area contributed by atoms with Crippen molar-refractivity contribution >= 4 is 23.5 Å². The number of hydrogen-bond acceptors (Lipinski definition) is 3. The molecule has 0 bridgehead atoms. The minimum absolute atomic E-state index is 0.00580. The van der Waals surface area contributed by atoms with Crippen molar-refractivity contribution in [1.82, 2.24) is 16.0 Å². The molecule has 28 heavy (non-hydrogen) atoms. The van der Waals surface area contributed by atoms with Crippen LogP contribution in [0.4, 0.5) is 0 Å². The highest BCUT2D eigenvalue weighted by atomic mass is 35.5. The molecular weight excluding hydrogens is 376 g/mol. The van der Waals surface area contributed by atoms with Crippen molar-refractivity contribution in [2.24, 2.45) is 4.99 Å². The molecule has 0 aliphatic carbocycles. The Labute approximate surface area is 171 Å². The van der Waals surface area contributed by atoms with Gasteiger partial charge in [-0.05, 0) is 49.2 Å². The summed E-state index contributed by atoms with van der Waals surface area (Å²) in [5.74, 6) is 1.25. The van der Waals surface area contributed by atoms with Crippen LogP contribution in [-0.4, -0.2) is 31.6 Å². The summed E-state index contributed by atoms with van der Waals surface area (Å²) >= 11 is 5.92. The lowest BCUT2D eigenvalue weighted by Gasteiger charge is -2.12. The number of hydrogen-bond donors (Lipinski definition) is 3. The summed E-state index contributed by atoms with van der Waals surface area (Å²) < 4.78 is 5.53. The van der Waals surface area contributed by atoms with E-state index in [9.17, 15) is 4.79 Å². The summed E-state index contributed by atoms with van der Waals surface area (Å²) in [6.07, 6.45) is 0. The SMILES string of the molecule is CCNC(=O)COc1cccc(CN=C(NCC)NCc2ccc(Cl)cc2)c1. The lowest BCUT2D eigenvalue weighted by atomic mass is 10.2. The standard InChI is InChI=1S/C21H27ClN4O2/c1-3-23-20(27)15-28-19-7-5-6-17(12-19)14-26-21(24-4-2)25-13-16-8-10-18(22)11-9-16/h5-12H,3-4,13-15H2,1-2H3,(H,23,27)(H2,24,25,26). The molecule has 7 heteroatoms. The zero-order valence-electron chi connectivity index (χ0n) is 16.3. The van der Waals surface area contributed by atoms with E-state index >= 15 is 0 Å². The van der Waals surface area contributed by atoms with Gasteiger partial charge in [0.2, 0.25) is 0 Å². The third kappa shape index (κ3) is 7.88. The van der Waals surface area contributed by atoms with Gasteiger partial charge < -0.3 is 20.7 Å². The van der Waals surface area contributed by atoms with Crippen LogP contribution in [0.1, 0.15) is 25.0 Å². The number of nitrogens with zero attached hydrogens (tertiary/aromatic N) is 1.